The zero-order chi connectivity index (χ0) is 13.6. The van der Waals surface area contributed by atoms with E-state index in [1.54, 1.807) is 29.8 Å². The topological polar surface area (TPSA) is 68.1 Å². The molecule has 1 aromatic heterocycles. The van der Waals surface area contributed by atoms with Gasteiger partial charge >= 0.3 is 0 Å². The maximum Gasteiger partial charge on any atom is 0.299 e. The molecule has 19 heavy (non-hydrogen) atoms. The van der Waals surface area contributed by atoms with Crippen molar-refractivity contribution in [2.75, 3.05) is 4.90 Å². The van der Waals surface area contributed by atoms with E-state index in [9.17, 15) is 9.59 Å². The molecule has 96 valence electrons. The Morgan fingerprint density at radius 3 is 2.79 bits per heavy atom. The van der Waals surface area contributed by atoms with Crippen LogP contribution in [0.3, 0.4) is 0 Å². The van der Waals surface area contributed by atoms with Gasteiger partial charge in [0.25, 0.3) is 11.7 Å². The molecule has 2 heterocycles. The number of carbonyl (C=O) groups is 2. The highest BCUT2D eigenvalue weighted by Gasteiger charge is 2.36. The molecule has 0 radical (unpaired) electrons. The Balaban J connectivity index is 2.04. The van der Waals surface area contributed by atoms with Crippen molar-refractivity contribution < 1.29 is 9.59 Å². The number of nitrogens with zero attached hydrogens (tertiary/aromatic N) is 4. The summed E-state index contributed by atoms with van der Waals surface area (Å²) in [5, 5.41) is 8.13. The average Bonchev–Trinajstić information content (AvgIpc) is 2.88. The van der Waals surface area contributed by atoms with Crippen molar-refractivity contribution >= 4 is 29.0 Å². The lowest BCUT2D eigenvalue weighted by Gasteiger charge is -2.15. The van der Waals surface area contributed by atoms with Gasteiger partial charge in [-0.25, -0.2) is 0 Å². The van der Waals surface area contributed by atoms with Crippen LogP contribution in [0.2, 0.25) is 5.02 Å². The monoisotopic (exact) mass is 276 g/mol. The predicted octanol–water partition coefficient (Wildman–Crippen LogP) is 1.20. The summed E-state index contributed by atoms with van der Waals surface area (Å²) in [4.78, 5) is 25.2. The van der Waals surface area contributed by atoms with E-state index in [0.717, 1.165) is 0 Å². The number of benzene rings is 1. The van der Waals surface area contributed by atoms with Gasteiger partial charge in [0, 0.05) is 12.1 Å². The molecule has 1 aliphatic heterocycles. The van der Waals surface area contributed by atoms with Crippen LogP contribution < -0.4 is 4.90 Å². The fourth-order valence-corrected chi connectivity index (χ4v) is 2.18. The van der Waals surface area contributed by atoms with Crippen LogP contribution in [0.4, 0.5) is 5.69 Å². The second-order valence-corrected chi connectivity index (χ2v) is 4.68. The Morgan fingerprint density at radius 1 is 1.32 bits per heavy atom. The molecule has 0 unspecified atom stereocenters. The molecule has 0 atom stereocenters. The molecule has 1 amide bonds. The fraction of sp³-hybridized carbons (Fsp3) is 0.167. The highest BCUT2D eigenvalue weighted by Crippen LogP contribution is 2.32. The van der Waals surface area contributed by atoms with Crippen molar-refractivity contribution in [1.29, 1.82) is 0 Å². The summed E-state index contributed by atoms with van der Waals surface area (Å²) in [6.07, 6.45) is 1.54. The van der Waals surface area contributed by atoms with Crippen LogP contribution in [-0.2, 0) is 18.4 Å². The summed E-state index contributed by atoms with van der Waals surface area (Å²) in [7, 11) is 1.77. The van der Waals surface area contributed by atoms with Crippen molar-refractivity contribution in [3.05, 3.63) is 40.9 Å². The fourth-order valence-electron chi connectivity index (χ4n) is 2.02. The zero-order valence-corrected chi connectivity index (χ0v) is 10.8. The van der Waals surface area contributed by atoms with Crippen LogP contribution in [0, 0.1) is 0 Å². The van der Waals surface area contributed by atoms with Gasteiger partial charge in [-0.15, -0.1) is 10.2 Å². The van der Waals surface area contributed by atoms with Gasteiger partial charge in [0.2, 0.25) is 0 Å². The lowest BCUT2D eigenvalue weighted by molar-refractivity contribution is -0.114. The van der Waals surface area contributed by atoms with Crippen molar-refractivity contribution in [1.82, 2.24) is 14.8 Å². The molecule has 7 heteroatoms. The molecule has 0 saturated heterocycles. The summed E-state index contributed by atoms with van der Waals surface area (Å²) in [6, 6.07) is 4.77. The van der Waals surface area contributed by atoms with Crippen LogP contribution in [0.5, 0.6) is 0 Å². The van der Waals surface area contributed by atoms with Crippen LogP contribution >= 0.6 is 11.6 Å². The Labute approximate surface area is 113 Å². The van der Waals surface area contributed by atoms with Gasteiger partial charge in [0.05, 0.1) is 17.8 Å². The molecule has 0 aliphatic carbocycles. The van der Waals surface area contributed by atoms with E-state index >= 15 is 0 Å². The van der Waals surface area contributed by atoms with Gasteiger partial charge in [0.15, 0.2) is 5.82 Å². The van der Waals surface area contributed by atoms with E-state index < -0.39 is 11.7 Å². The summed E-state index contributed by atoms with van der Waals surface area (Å²) in [6.45, 7) is 0.189. The first-order valence-corrected chi connectivity index (χ1v) is 5.94. The lowest BCUT2D eigenvalue weighted by atomic mass is 10.1. The number of halogens is 1. The first-order chi connectivity index (χ1) is 9.08. The van der Waals surface area contributed by atoms with Gasteiger partial charge in [-0.2, -0.15) is 0 Å². The van der Waals surface area contributed by atoms with Gasteiger partial charge in [-0.3, -0.25) is 14.5 Å². The van der Waals surface area contributed by atoms with E-state index in [2.05, 4.69) is 10.2 Å². The lowest BCUT2D eigenvalue weighted by Crippen LogP contribution is -2.30. The van der Waals surface area contributed by atoms with Crippen molar-refractivity contribution in [2.45, 2.75) is 6.54 Å². The number of anilines is 1. The molecule has 1 aliphatic rings. The van der Waals surface area contributed by atoms with E-state index in [-0.39, 0.29) is 6.54 Å². The third kappa shape index (κ3) is 1.80. The largest absolute Gasteiger partial charge is 0.319 e. The average molecular weight is 277 g/mol. The van der Waals surface area contributed by atoms with E-state index in [0.29, 0.717) is 22.1 Å². The third-order valence-corrected chi connectivity index (χ3v) is 3.27. The minimum atomic E-state index is -0.569. The maximum atomic E-state index is 12.0. The number of Topliss-reactive ketones (excluding diaryl/α,β-unsaturated/α-hetero) is 1. The smallest absolute Gasteiger partial charge is 0.299 e. The van der Waals surface area contributed by atoms with Crippen LogP contribution in [0.15, 0.2) is 24.5 Å². The summed E-state index contributed by atoms with van der Waals surface area (Å²) < 4.78 is 1.69. The number of amides is 1. The number of aryl methyl sites for hydroxylation is 1. The minimum absolute atomic E-state index is 0.189. The number of hydrogen-bond donors (Lipinski definition) is 0. The summed E-state index contributed by atoms with van der Waals surface area (Å²) in [5.74, 6) is -0.497. The van der Waals surface area contributed by atoms with Gasteiger partial charge in [-0.05, 0) is 18.2 Å². The SMILES string of the molecule is Cn1cnnc1CN1C(=O)C(=O)c2ccc(Cl)cc21. The minimum Gasteiger partial charge on any atom is -0.319 e. The molecule has 0 saturated carbocycles. The Bertz CT molecular complexity index is 695. The highest BCUT2D eigenvalue weighted by atomic mass is 35.5. The molecular formula is C12H9ClN4O2. The molecule has 2 aromatic rings. The van der Waals surface area contributed by atoms with Crippen LogP contribution in [-0.4, -0.2) is 26.5 Å². The normalized spacial score (nSPS) is 14.1. The Kier molecular flexibility index (Phi) is 2.60. The third-order valence-electron chi connectivity index (χ3n) is 3.04. The number of carbonyl (C=O) groups excluding carboxylic acids is 2. The van der Waals surface area contributed by atoms with Crippen LogP contribution in [0.25, 0.3) is 0 Å². The van der Waals surface area contributed by atoms with Gasteiger partial charge in [0.1, 0.15) is 6.33 Å². The van der Waals surface area contributed by atoms with Crippen molar-refractivity contribution in [3.63, 3.8) is 0 Å². The number of fused-ring (bicyclic) bond motifs is 1. The highest BCUT2D eigenvalue weighted by molar-refractivity contribution is 6.52. The summed E-state index contributed by atoms with van der Waals surface area (Å²) in [5.41, 5.74) is 0.891. The molecule has 0 spiro atoms. The van der Waals surface area contributed by atoms with E-state index in [1.165, 1.54) is 11.2 Å². The number of aromatic nitrogens is 3. The van der Waals surface area contributed by atoms with E-state index in [1.807, 2.05) is 0 Å². The Hall–Kier alpha value is -2.21. The molecule has 0 N–H and O–H groups in total. The molecule has 6 nitrogen and oxygen atoms in total. The number of hydrogen-bond acceptors (Lipinski definition) is 4. The van der Waals surface area contributed by atoms with E-state index in [4.69, 9.17) is 11.6 Å². The molecule has 0 fully saturated rings. The Morgan fingerprint density at radius 2 is 2.11 bits per heavy atom. The second kappa shape index (κ2) is 4.17. The van der Waals surface area contributed by atoms with Gasteiger partial charge < -0.3 is 4.57 Å². The first kappa shape index (κ1) is 11.9. The molecule has 1 aromatic carbocycles. The standard InChI is InChI=1S/C12H9ClN4O2/c1-16-6-14-15-10(16)5-17-9-4-7(13)2-3-8(9)11(18)12(17)19/h2-4,6H,5H2,1H3. The van der Waals surface area contributed by atoms with Gasteiger partial charge in [-0.1, -0.05) is 11.6 Å². The maximum absolute atomic E-state index is 12.0. The second-order valence-electron chi connectivity index (χ2n) is 4.24. The quantitative estimate of drug-likeness (QED) is 0.773. The number of rotatable bonds is 2. The summed E-state index contributed by atoms with van der Waals surface area (Å²) >= 11 is 5.91. The van der Waals surface area contributed by atoms with Crippen molar-refractivity contribution in [2.24, 2.45) is 7.05 Å². The number of ketones is 1. The predicted molar refractivity (Wildman–Crippen MR) is 68.0 cm³/mol. The van der Waals surface area contributed by atoms with Crippen LogP contribution in [0.1, 0.15) is 16.2 Å². The van der Waals surface area contributed by atoms with Crippen molar-refractivity contribution in [3.8, 4) is 0 Å². The molecule has 3 rings (SSSR count). The molecular weight excluding hydrogens is 268 g/mol. The zero-order valence-electron chi connectivity index (χ0n) is 10.00. The first-order valence-electron chi connectivity index (χ1n) is 5.56. The molecule has 0 bridgehead atoms.